The Morgan fingerprint density at radius 2 is 1.96 bits per heavy atom. The second kappa shape index (κ2) is 8.19. The Morgan fingerprint density at radius 1 is 1.22 bits per heavy atom. The quantitative estimate of drug-likeness (QED) is 0.796. The number of rotatable bonds is 7. The highest BCUT2D eigenvalue weighted by Gasteiger charge is 1.99. The minimum absolute atomic E-state index is 0.386. The van der Waals surface area contributed by atoms with E-state index in [4.69, 9.17) is 14.3 Å². The van der Waals surface area contributed by atoms with Crippen molar-refractivity contribution < 1.29 is 14.3 Å². The molecule has 0 aliphatic heterocycles. The molecule has 5 heteroatoms. The predicted molar refractivity (Wildman–Crippen MR) is 90.7 cm³/mol. The van der Waals surface area contributed by atoms with Crippen LogP contribution in [0.1, 0.15) is 17.7 Å². The van der Waals surface area contributed by atoms with Crippen molar-refractivity contribution in [3.8, 4) is 11.5 Å². The van der Waals surface area contributed by atoms with Crippen LogP contribution in [0.25, 0.3) is 12.2 Å². The minimum Gasteiger partial charge on any atom is -0.502 e. The molecule has 1 heterocycles. The summed E-state index contributed by atoms with van der Waals surface area (Å²) in [7, 11) is 4.08. The number of hydrogen-bond acceptors (Lipinski definition) is 5. The van der Waals surface area contributed by atoms with Crippen LogP contribution in [0.15, 0.2) is 45.8 Å². The van der Waals surface area contributed by atoms with Crippen LogP contribution in [0.3, 0.4) is 0 Å². The Balaban J connectivity index is 1.90. The zero-order valence-electron chi connectivity index (χ0n) is 13.4. The summed E-state index contributed by atoms with van der Waals surface area (Å²) in [5.41, 5.74) is 0.499. The Morgan fingerprint density at radius 3 is 2.61 bits per heavy atom. The summed E-state index contributed by atoms with van der Waals surface area (Å²) in [6.45, 7) is 1.69. The third-order valence-electron chi connectivity index (χ3n) is 3.17. The molecule has 1 aromatic heterocycles. The molecule has 0 fully saturated rings. The second-order valence-electron chi connectivity index (χ2n) is 5.44. The number of ether oxygens (including phenoxy) is 1. The molecule has 0 unspecified atom stereocenters. The SMILES string of the molecule is CN(C)CCCOc1ccc(/C=C/c2cc(=O)c(O)co2)cc1. The summed E-state index contributed by atoms with van der Waals surface area (Å²) >= 11 is 0. The van der Waals surface area contributed by atoms with E-state index in [1.165, 1.54) is 6.07 Å². The van der Waals surface area contributed by atoms with Crippen molar-refractivity contribution in [2.45, 2.75) is 6.42 Å². The number of aromatic hydroxyl groups is 1. The van der Waals surface area contributed by atoms with Gasteiger partial charge in [-0.25, -0.2) is 0 Å². The molecular weight excluding hydrogens is 294 g/mol. The molecule has 0 saturated carbocycles. The van der Waals surface area contributed by atoms with Crippen LogP contribution in [0.2, 0.25) is 0 Å². The molecule has 1 N–H and O–H groups in total. The van der Waals surface area contributed by atoms with Gasteiger partial charge in [0, 0.05) is 12.6 Å². The third kappa shape index (κ3) is 5.64. The first kappa shape index (κ1) is 16.8. The lowest BCUT2D eigenvalue weighted by Gasteiger charge is -2.10. The van der Waals surface area contributed by atoms with Gasteiger partial charge in [-0.2, -0.15) is 0 Å². The van der Waals surface area contributed by atoms with E-state index < -0.39 is 11.2 Å². The highest BCUT2D eigenvalue weighted by molar-refractivity contribution is 5.67. The predicted octanol–water partition coefficient (Wildman–Crippen LogP) is 2.85. The molecule has 23 heavy (non-hydrogen) atoms. The van der Waals surface area contributed by atoms with Gasteiger partial charge in [-0.15, -0.1) is 0 Å². The van der Waals surface area contributed by atoms with Gasteiger partial charge in [0.2, 0.25) is 5.43 Å². The van der Waals surface area contributed by atoms with Crippen LogP contribution >= 0.6 is 0 Å². The van der Waals surface area contributed by atoms with Crippen molar-refractivity contribution in [2.75, 3.05) is 27.2 Å². The molecule has 0 amide bonds. The molecule has 2 aromatic rings. The molecule has 0 spiro atoms. The van der Waals surface area contributed by atoms with Crippen molar-refractivity contribution in [1.82, 2.24) is 4.90 Å². The summed E-state index contributed by atoms with van der Waals surface area (Å²) in [6.07, 6.45) is 5.51. The number of hydrogen-bond donors (Lipinski definition) is 1. The van der Waals surface area contributed by atoms with E-state index in [9.17, 15) is 4.79 Å². The first-order valence-electron chi connectivity index (χ1n) is 7.42. The Kier molecular flexibility index (Phi) is 6.00. The van der Waals surface area contributed by atoms with Crippen LogP contribution in [0.4, 0.5) is 0 Å². The largest absolute Gasteiger partial charge is 0.502 e. The highest BCUT2D eigenvalue weighted by atomic mass is 16.5. The van der Waals surface area contributed by atoms with E-state index >= 15 is 0 Å². The molecule has 122 valence electrons. The number of benzene rings is 1. The first-order chi connectivity index (χ1) is 11.0. The van der Waals surface area contributed by atoms with Gasteiger partial charge >= 0.3 is 0 Å². The van der Waals surface area contributed by atoms with E-state index in [2.05, 4.69) is 4.90 Å². The van der Waals surface area contributed by atoms with Gasteiger partial charge in [0.05, 0.1) is 6.61 Å². The summed E-state index contributed by atoms with van der Waals surface area (Å²) < 4.78 is 10.8. The van der Waals surface area contributed by atoms with Gasteiger partial charge < -0.3 is 19.2 Å². The van der Waals surface area contributed by atoms with Crippen molar-refractivity contribution in [3.05, 3.63) is 58.1 Å². The Hall–Kier alpha value is -2.53. The highest BCUT2D eigenvalue weighted by Crippen LogP contribution is 2.15. The molecule has 5 nitrogen and oxygen atoms in total. The van der Waals surface area contributed by atoms with Gasteiger partial charge in [-0.05, 0) is 44.3 Å². The van der Waals surface area contributed by atoms with Crippen LogP contribution in [0, 0.1) is 0 Å². The topological polar surface area (TPSA) is 62.9 Å². The Labute approximate surface area is 135 Å². The van der Waals surface area contributed by atoms with Gasteiger partial charge in [0.15, 0.2) is 5.75 Å². The van der Waals surface area contributed by atoms with E-state index in [0.29, 0.717) is 12.4 Å². The van der Waals surface area contributed by atoms with Crippen molar-refractivity contribution in [2.24, 2.45) is 0 Å². The standard InChI is InChI=1S/C18H21NO4/c1-19(2)10-3-11-22-15-7-4-14(5-8-15)6-9-16-12-17(20)18(21)13-23-16/h4-9,12-13,21H,3,10-11H2,1-2H3/b9-6+. The number of nitrogens with zero attached hydrogens (tertiary/aromatic N) is 1. The van der Waals surface area contributed by atoms with E-state index in [1.54, 1.807) is 6.08 Å². The smallest absolute Gasteiger partial charge is 0.227 e. The summed E-state index contributed by atoms with van der Waals surface area (Å²) in [5, 5.41) is 9.13. The van der Waals surface area contributed by atoms with Crippen LogP contribution in [-0.2, 0) is 0 Å². The fraction of sp³-hybridized carbons (Fsp3) is 0.278. The lowest BCUT2D eigenvalue weighted by atomic mass is 10.2. The van der Waals surface area contributed by atoms with Gasteiger partial charge in [-0.3, -0.25) is 4.79 Å². The summed E-state index contributed by atoms with van der Waals surface area (Å²) in [5.74, 6) is 0.826. The van der Waals surface area contributed by atoms with Gasteiger partial charge in [0.25, 0.3) is 0 Å². The van der Waals surface area contributed by atoms with E-state index in [-0.39, 0.29) is 0 Å². The fourth-order valence-corrected chi connectivity index (χ4v) is 1.93. The lowest BCUT2D eigenvalue weighted by molar-refractivity contribution is 0.281. The summed E-state index contributed by atoms with van der Waals surface area (Å²) in [6, 6.07) is 8.91. The molecule has 2 rings (SSSR count). The zero-order valence-corrected chi connectivity index (χ0v) is 13.4. The average Bonchev–Trinajstić information content (AvgIpc) is 2.53. The molecule has 0 aliphatic carbocycles. The van der Waals surface area contributed by atoms with E-state index in [0.717, 1.165) is 30.5 Å². The third-order valence-corrected chi connectivity index (χ3v) is 3.17. The Bertz CT molecular complexity index is 702. The molecule has 0 saturated heterocycles. The van der Waals surface area contributed by atoms with Crippen LogP contribution in [-0.4, -0.2) is 37.3 Å². The maximum Gasteiger partial charge on any atom is 0.227 e. The zero-order chi connectivity index (χ0) is 16.7. The van der Waals surface area contributed by atoms with Crippen molar-refractivity contribution >= 4 is 12.2 Å². The molecule has 1 aromatic carbocycles. The normalized spacial score (nSPS) is 11.3. The maximum absolute atomic E-state index is 11.3. The molecule has 0 atom stereocenters. The minimum atomic E-state index is -0.461. The van der Waals surface area contributed by atoms with Crippen LogP contribution < -0.4 is 10.2 Å². The lowest BCUT2D eigenvalue weighted by Crippen LogP contribution is -2.15. The van der Waals surface area contributed by atoms with Crippen LogP contribution in [0.5, 0.6) is 11.5 Å². The molecule has 0 radical (unpaired) electrons. The van der Waals surface area contributed by atoms with Gasteiger partial charge in [0.1, 0.15) is 17.8 Å². The monoisotopic (exact) mass is 315 g/mol. The summed E-state index contributed by atoms with van der Waals surface area (Å²) in [4.78, 5) is 13.4. The first-order valence-corrected chi connectivity index (χ1v) is 7.42. The second-order valence-corrected chi connectivity index (χ2v) is 5.44. The molecule has 0 aliphatic rings. The van der Waals surface area contributed by atoms with Gasteiger partial charge in [-0.1, -0.05) is 18.2 Å². The fourth-order valence-electron chi connectivity index (χ4n) is 1.93. The van der Waals surface area contributed by atoms with E-state index in [1.807, 2.05) is 44.4 Å². The average molecular weight is 315 g/mol. The van der Waals surface area contributed by atoms with Crippen molar-refractivity contribution in [3.63, 3.8) is 0 Å². The molecular formula is C18H21NO4. The molecule has 0 bridgehead atoms. The van der Waals surface area contributed by atoms with Crippen molar-refractivity contribution in [1.29, 1.82) is 0 Å². The maximum atomic E-state index is 11.3.